The van der Waals surface area contributed by atoms with Gasteiger partial charge < -0.3 is 4.74 Å². The third kappa shape index (κ3) is 4.05. The van der Waals surface area contributed by atoms with Gasteiger partial charge in [-0.2, -0.15) is 5.26 Å². The number of pyridine rings is 1. The number of methoxy groups -OCH3 is 1. The Hall–Kier alpha value is -3.43. The van der Waals surface area contributed by atoms with Gasteiger partial charge in [0.15, 0.2) is 5.78 Å². The van der Waals surface area contributed by atoms with Crippen LogP contribution >= 0.6 is 11.8 Å². The molecule has 1 aliphatic heterocycles. The van der Waals surface area contributed by atoms with Gasteiger partial charge >= 0.3 is 0 Å². The zero-order valence-electron chi connectivity index (χ0n) is 15.8. The minimum absolute atomic E-state index is 0.106. The van der Waals surface area contributed by atoms with E-state index in [1.54, 1.807) is 25.4 Å². The first-order chi connectivity index (χ1) is 14.2. The predicted octanol–water partition coefficient (Wildman–Crippen LogP) is 4.78. The van der Waals surface area contributed by atoms with E-state index in [4.69, 9.17) is 4.74 Å². The molecule has 0 bridgehead atoms. The summed E-state index contributed by atoms with van der Waals surface area (Å²) in [5.41, 5.74) is 3.31. The molecule has 0 radical (unpaired) electrons. The van der Waals surface area contributed by atoms with Gasteiger partial charge in [-0.3, -0.25) is 9.78 Å². The Bertz CT molecular complexity index is 1190. The molecule has 6 heteroatoms. The lowest BCUT2D eigenvalue weighted by Crippen LogP contribution is -2.14. The molecule has 142 valence electrons. The van der Waals surface area contributed by atoms with Crippen molar-refractivity contribution >= 4 is 39.2 Å². The summed E-state index contributed by atoms with van der Waals surface area (Å²) in [7, 11) is 1.59. The van der Waals surface area contributed by atoms with Crippen molar-refractivity contribution in [2.75, 3.05) is 7.11 Å². The first-order valence-corrected chi connectivity index (χ1v) is 10.0. The SMILES string of the molecule is COc1ccc(C2=C(C#N)C(=O)CC(SCc3ccc4cccnc4c3)=N2)cc1. The van der Waals surface area contributed by atoms with Gasteiger partial charge in [-0.1, -0.05) is 18.2 Å². The number of ketones is 1. The standard InChI is InChI=1S/C23H17N3O2S/c1-28-18-8-6-17(7-9-18)23-19(13-24)21(27)12-22(26-23)29-14-15-4-5-16-3-2-10-25-20(16)11-15/h2-11H,12,14H2,1H3. The number of nitriles is 1. The van der Waals surface area contributed by atoms with Gasteiger partial charge in [0.2, 0.25) is 0 Å². The Morgan fingerprint density at radius 2 is 2.00 bits per heavy atom. The first-order valence-electron chi connectivity index (χ1n) is 9.04. The summed E-state index contributed by atoms with van der Waals surface area (Å²) in [6.07, 6.45) is 1.93. The van der Waals surface area contributed by atoms with Crippen molar-refractivity contribution in [1.82, 2.24) is 4.98 Å². The molecule has 0 N–H and O–H groups in total. The average Bonchev–Trinajstić information content (AvgIpc) is 2.77. The van der Waals surface area contributed by atoms with E-state index in [9.17, 15) is 10.1 Å². The summed E-state index contributed by atoms with van der Waals surface area (Å²) in [5.74, 6) is 1.19. The normalized spacial score (nSPS) is 13.9. The number of rotatable bonds is 4. The molecule has 0 atom stereocenters. The fourth-order valence-corrected chi connectivity index (χ4v) is 4.00. The monoisotopic (exact) mass is 399 g/mol. The van der Waals surface area contributed by atoms with Crippen molar-refractivity contribution in [3.05, 3.63) is 77.5 Å². The Kier molecular flexibility index (Phi) is 5.41. The van der Waals surface area contributed by atoms with Gasteiger partial charge in [-0.15, -0.1) is 11.8 Å². The van der Waals surface area contributed by atoms with Crippen LogP contribution in [0.5, 0.6) is 5.75 Å². The minimum Gasteiger partial charge on any atom is -0.497 e. The Morgan fingerprint density at radius 1 is 1.17 bits per heavy atom. The lowest BCUT2D eigenvalue weighted by atomic mass is 10.0. The lowest BCUT2D eigenvalue weighted by molar-refractivity contribution is -0.114. The number of nitrogens with zero attached hydrogens (tertiary/aromatic N) is 3. The number of carbonyl (C=O) groups is 1. The third-order valence-corrected chi connectivity index (χ3v) is 5.66. The molecule has 1 aromatic heterocycles. The second-order valence-corrected chi connectivity index (χ2v) is 7.54. The number of allylic oxidation sites excluding steroid dienone is 1. The van der Waals surface area contributed by atoms with Crippen LogP contribution in [0.4, 0.5) is 0 Å². The molecule has 0 spiro atoms. The molecule has 1 aliphatic rings. The van der Waals surface area contributed by atoms with Crippen molar-refractivity contribution in [3.8, 4) is 11.8 Å². The maximum atomic E-state index is 12.5. The first kappa shape index (κ1) is 18.9. The summed E-state index contributed by atoms with van der Waals surface area (Å²) >= 11 is 1.51. The summed E-state index contributed by atoms with van der Waals surface area (Å²) in [4.78, 5) is 21.6. The molecule has 0 amide bonds. The van der Waals surface area contributed by atoms with Gasteiger partial charge in [0.25, 0.3) is 0 Å². The number of aliphatic imine (C=N–C) groups is 1. The molecule has 2 aromatic carbocycles. The van der Waals surface area contributed by atoms with Crippen molar-refractivity contribution in [3.63, 3.8) is 0 Å². The van der Waals surface area contributed by atoms with E-state index >= 15 is 0 Å². The highest BCUT2D eigenvalue weighted by Gasteiger charge is 2.24. The highest BCUT2D eigenvalue weighted by molar-refractivity contribution is 8.13. The number of carbonyl (C=O) groups excluding carboxylic acids is 1. The molecule has 0 aliphatic carbocycles. The van der Waals surface area contributed by atoms with Crippen LogP contribution in [-0.4, -0.2) is 22.9 Å². The molecule has 0 fully saturated rings. The predicted molar refractivity (Wildman–Crippen MR) is 116 cm³/mol. The highest BCUT2D eigenvalue weighted by atomic mass is 32.2. The van der Waals surface area contributed by atoms with E-state index in [1.807, 2.05) is 36.4 Å². The van der Waals surface area contributed by atoms with Gasteiger partial charge in [0, 0.05) is 22.9 Å². The van der Waals surface area contributed by atoms with E-state index in [1.165, 1.54) is 11.8 Å². The number of fused-ring (bicyclic) bond motifs is 1. The summed E-state index contributed by atoms with van der Waals surface area (Å²) in [6, 6.07) is 19.3. The maximum Gasteiger partial charge on any atom is 0.182 e. The number of aromatic nitrogens is 1. The zero-order valence-corrected chi connectivity index (χ0v) is 16.6. The molecular formula is C23H17N3O2S. The summed E-state index contributed by atoms with van der Waals surface area (Å²) < 4.78 is 5.18. The molecule has 0 saturated heterocycles. The maximum absolute atomic E-state index is 12.5. The number of hydrogen-bond donors (Lipinski definition) is 0. The Morgan fingerprint density at radius 3 is 2.76 bits per heavy atom. The molecule has 0 unspecified atom stereocenters. The molecule has 0 saturated carbocycles. The minimum atomic E-state index is -0.198. The van der Waals surface area contributed by atoms with E-state index in [2.05, 4.69) is 22.1 Å². The van der Waals surface area contributed by atoms with Crippen LogP contribution in [-0.2, 0) is 10.5 Å². The molecule has 4 rings (SSSR count). The van der Waals surface area contributed by atoms with Crippen LogP contribution in [0.1, 0.15) is 17.5 Å². The van der Waals surface area contributed by atoms with Gasteiger partial charge in [0.05, 0.1) is 29.8 Å². The zero-order chi connectivity index (χ0) is 20.2. The Labute approximate surface area is 172 Å². The number of benzene rings is 2. The largest absolute Gasteiger partial charge is 0.497 e. The molecule has 5 nitrogen and oxygen atoms in total. The highest BCUT2D eigenvalue weighted by Crippen LogP contribution is 2.31. The Balaban J connectivity index is 1.59. The summed E-state index contributed by atoms with van der Waals surface area (Å²) in [5, 5.41) is 11.3. The van der Waals surface area contributed by atoms with Crippen LogP contribution in [0.15, 0.2) is 71.4 Å². The fraction of sp³-hybridized carbons (Fsp3) is 0.130. The van der Waals surface area contributed by atoms with Gasteiger partial charge in [-0.25, -0.2) is 4.99 Å². The topological polar surface area (TPSA) is 75.3 Å². The second-order valence-electron chi connectivity index (χ2n) is 6.49. The lowest BCUT2D eigenvalue weighted by Gasteiger charge is -2.15. The van der Waals surface area contributed by atoms with Gasteiger partial charge in [0.1, 0.15) is 17.4 Å². The van der Waals surface area contributed by atoms with Crippen LogP contribution in [0.25, 0.3) is 16.6 Å². The van der Waals surface area contributed by atoms with Crippen LogP contribution in [0.3, 0.4) is 0 Å². The van der Waals surface area contributed by atoms with Crippen LogP contribution < -0.4 is 4.74 Å². The van der Waals surface area contributed by atoms with Crippen molar-refractivity contribution in [2.45, 2.75) is 12.2 Å². The molecule has 2 heterocycles. The van der Waals surface area contributed by atoms with E-state index in [0.29, 0.717) is 22.2 Å². The van der Waals surface area contributed by atoms with Crippen LogP contribution in [0, 0.1) is 11.3 Å². The molecule has 3 aromatic rings. The van der Waals surface area contributed by atoms with E-state index in [0.717, 1.165) is 22.0 Å². The van der Waals surface area contributed by atoms with E-state index in [-0.39, 0.29) is 17.8 Å². The van der Waals surface area contributed by atoms with Crippen LogP contribution in [0.2, 0.25) is 0 Å². The van der Waals surface area contributed by atoms with Gasteiger partial charge in [-0.05, 0) is 42.0 Å². The summed E-state index contributed by atoms with van der Waals surface area (Å²) in [6.45, 7) is 0. The number of Topliss-reactive ketones (excluding diaryl/α,β-unsaturated/α-hetero) is 1. The number of ether oxygens (including phenoxy) is 1. The van der Waals surface area contributed by atoms with Crippen molar-refractivity contribution in [2.24, 2.45) is 4.99 Å². The smallest absolute Gasteiger partial charge is 0.182 e. The van der Waals surface area contributed by atoms with E-state index < -0.39 is 0 Å². The molecule has 29 heavy (non-hydrogen) atoms. The average molecular weight is 399 g/mol. The van der Waals surface area contributed by atoms with Crippen molar-refractivity contribution < 1.29 is 9.53 Å². The second kappa shape index (κ2) is 8.29. The van der Waals surface area contributed by atoms with Crippen molar-refractivity contribution in [1.29, 1.82) is 5.26 Å². The number of thioether (sulfide) groups is 1. The fourth-order valence-electron chi connectivity index (χ4n) is 3.10. The molecular weight excluding hydrogens is 382 g/mol. The quantitative estimate of drug-likeness (QED) is 0.631. The third-order valence-electron chi connectivity index (χ3n) is 4.61. The number of hydrogen-bond acceptors (Lipinski definition) is 6.